The Balaban J connectivity index is 2.56. The number of nitrogens with one attached hydrogen (secondary N) is 1. The molecule has 0 fully saturated rings. The van der Waals surface area contributed by atoms with Gasteiger partial charge in [-0.05, 0) is 18.2 Å². The lowest BCUT2D eigenvalue weighted by Crippen LogP contribution is -2.24. The van der Waals surface area contributed by atoms with Crippen molar-refractivity contribution in [2.75, 3.05) is 25.1 Å². The molecule has 0 spiro atoms. The summed E-state index contributed by atoms with van der Waals surface area (Å²) >= 11 is 0. The normalized spacial score (nSPS) is 10.7. The molecule has 0 bridgehead atoms. The Morgan fingerprint density at radius 2 is 2.10 bits per heavy atom. The minimum atomic E-state index is -4.52. The van der Waals surface area contributed by atoms with E-state index < -0.39 is 31.1 Å². The smallest absolute Gasteiger partial charge is 0.362 e. The van der Waals surface area contributed by atoms with E-state index in [1.165, 1.54) is 12.1 Å². The first kappa shape index (κ1) is 16.9. The van der Waals surface area contributed by atoms with Gasteiger partial charge in [-0.25, -0.2) is 4.39 Å². The number of halogens is 4. The maximum atomic E-state index is 13.6. The Bertz CT molecular complexity index is 562. The maximum absolute atomic E-state index is 13.6. The van der Waals surface area contributed by atoms with E-state index in [-0.39, 0.29) is 12.2 Å². The number of ether oxygens (including phenoxy) is 1. The number of nitrogens with two attached hydrogens (primary N) is 1. The Morgan fingerprint density at radius 3 is 2.67 bits per heavy atom. The summed E-state index contributed by atoms with van der Waals surface area (Å²) in [6.07, 6.45) is -4.52. The topological polar surface area (TPSA) is 64.3 Å². The number of benzene rings is 1. The van der Waals surface area contributed by atoms with Crippen molar-refractivity contribution in [3.05, 3.63) is 29.6 Å². The van der Waals surface area contributed by atoms with Gasteiger partial charge in [0.15, 0.2) is 0 Å². The van der Waals surface area contributed by atoms with Crippen LogP contribution in [-0.2, 0) is 9.53 Å². The van der Waals surface area contributed by atoms with Gasteiger partial charge in [0.05, 0.1) is 12.2 Å². The molecule has 1 amide bonds. The number of anilines is 1. The van der Waals surface area contributed by atoms with E-state index in [0.717, 1.165) is 6.07 Å². The predicted octanol–water partition coefficient (Wildman–Crippen LogP) is 1.65. The van der Waals surface area contributed by atoms with Gasteiger partial charge in [0.2, 0.25) is 5.91 Å². The van der Waals surface area contributed by atoms with Gasteiger partial charge >= 0.3 is 6.18 Å². The second-order valence-corrected chi connectivity index (χ2v) is 3.86. The molecular formula is C13H12F4N2O2. The van der Waals surface area contributed by atoms with Crippen LogP contribution in [0.3, 0.4) is 0 Å². The zero-order valence-electron chi connectivity index (χ0n) is 10.8. The fourth-order valence-corrected chi connectivity index (χ4v) is 1.29. The van der Waals surface area contributed by atoms with E-state index in [1.54, 1.807) is 0 Å². The highest BCUT2D eigenvalue weighted by Gasteiger charge is 2.27. The van der Waals surface area contributed by atoms with Crippen molar-refractivity contribution in [1.29, 1.82) is 0 Å². The molecule has 1 aromatic carbocycles. The van der Waals surface area contributed by atoms with Crippen molar-refractivity contribution in [1.82, 2.24) is 0 Å². The van der Waals surface area contributed by atoms with Gasteiger partial charge in [0, 0.05) is 5.56 Å². The van der Waals surface area contributed by atoms with Crippen LogP contribution in [0.15, 0.2) is 18.2 Å². The van der Waals surface area contributed by atoms with Crippen molar-refractivity contribution in [3.8, 4) is 11.8 Å². The molecule has 0 aliphatic carbocycles. The molecule has 0 radical (unpaired) electrons. The molecule has 0 heterocycles. The largest absolute Gasteiger partial charge is 0.411 e. The lowest BCUT2D eigenvalue weighted by molar-refractivity contribution is -0.174. The van der Waals surface area contributed by atoms with E-state index >= 15 is 0 Å². The molecule has 0 aromatic heterocycles. The van der Waals surface area contributed by atoms with Crippen LogP contribution in [0.4, 0.5) is 23.2 Å². The Labute approximate surface area is 118 Å². The van der Waals surface area contributed by atoms with Gasteiger partial charge in [0.25, 0.3) is 0 Å². The van der Waals surface area contributed by atoms with Crippen molar-refractivity contribution in [2.24, 2.45) is 5.73 Å². The molecular weight excluding hydrogens is 292 g/mol. The summed E-state index contributed by atoms with van der Waals surface area (Å²) < 4.78 is 53.2. The molecule has 0 saturated carbocycles. The van der Waals surface area contributed by atoms with Crippen LogP contribution < -0.4 is 11.1 Å². The molecule has 1 rings (SSSR count). The number of hydrogen-bond donors (Lipinski definition) is 2. The fraction of sp³-hybridized carbons (Fsp3) is 0.308. The van der Waals surface area contributed by atoms with Crippen molar-refractivity contribution < 1.29 is 27.1 Å². The average Bonchev–Trinajstić information content (AvgIpc) is 2.37. The zero-order chi connectivity index (χ0) is 15.9. The molecule has 0 aliphatic rings. The van der Waals surface area contributed by atoms with E-state index in [4.69, 9.17) is 5.73 Å². The SMILES string of the molecule is NCC#Cc1ccc(NC(=O)COCC(F)(F)F)c(F)c1. The summed E-state index contributed by atoms with van der Waals surface area (Å²) in [6, 6.07) is 3.77. The van der Waals surface area contributed by atoms with Gasteiger partial charge < -0.3 is 15.8 Å². The molecule has 0 atom stereocenters. The van der Waals surface area contributed by atoms with Crippen LogP contribution in [0.25, 0.3) is 0 Å². The molecule has 114 valence electrons. The molecule has 1 aromatic rings. The van der Waals surface area contributed by atoms with Gasteiger partial charge in [-0.2, -0.15) is 13.2 Å². The lowest BCUT2D eigenvalue weighted by atomic mass is 10.2. The Morgan fingerprint density at radius 1 is 1.38 bits per heavy atom. The van der Waals surface area contributed by atoms with E-state index in [1.807, 2.05) is 0 Å². The number of carbonyl (C=O) groups excluding carboxylic acids is 1. The summed E-state index contributed by atoms with van der Waals surface area (Å²) in [5.41, 5.74) is 5.36. The molecule has 3 N–H and O–H groups in total. The highest BCUT2D eigenvalue weighted by molar-refractivity contribution is 5.91. The zero-order valence-corrected chi connectivity index (χ0v) is 10.8. The predicted molar refractivity (Wildman–Crippen MR) is 67.8 cm³/mol. The van der Waals surface area contributed by atoms with Gasteiger partial charge in [-0.15, -0.1) is 0 Å². The van der Waals surface area contributed by atoms with Crippen LogP contribution in [0.1, 0.15) is 5.56 Å². The second kappa shape index (κ2) is 7.61. The molecule has 0 saturated heterocycles. The summed E-state index contributed by atoms with van der Waals surface area (Å²) in [5.74, 6) is 3.48. The third-order valence-electron chi connectivity index (χ3n) is 2.08. The van der Waals surface area contributed by atoms with Crippen LogP contribution in [0.5, 0.6) is 0 Å². The van der Waals surface area contributed by atoms with Gasteiger partial charge in [-0.3, -0.25) is 4.79 Å². The van der Waals surface area contributed by atoms with E-state index in [0.29, 0.717) is 5.56 Å². The van der Waals surface area contributed by atoms with Crippen LogP contribution in [0, 0.1) is 17.7 Å². The van der Waals surface area contributed by atoms with Crippen molar-refractivity contribution in [2.45, 2.75) is 6.18 Å². The minimum absolute atomic E-state index is 0.122. The number of alkyl halides is 3. The second-order valence-electron chi connectivity index (χ2n) is 3.86. The van der Waals surface area contributed by atoms with Gasteiger partial charge in [-0.1, -0.05) is 11.8 Å². The maximum Gasteiger partial charge on any atom is 0.411 e. The number of carbonyl (C=O) groups is 1. The third-order valence-corrected chi connectivity index (χ3v) is 2.08. The van der Waals surface area contributed by atoms with Crippen molar-refractivity contribution >= 4 is 11.6 Å². The summed E-state index contributed by atoms with van der Waals surface area (Å²) in [7, 11) is 0. The molecule has 8 heteroatoms. The molecule has 0 aliphatic heterocycles. The van der Waals surface area contributed by atoms with Crippen LogP contribution >= 0.6 is 0 Å². The average molecular weight is 304 g/mol. The van der Waals surface area contributed by atoms with Crippen LogP contribution in [-0.4, -0.2) is 31.8 Å². The van der Waals surface area contributed by atoms with Crippen molar-refractivity contribution in [3.63, 3.8) is 0 Å². The van der Waals surface area contributed by atoms with E-state index in [2.05, 4.69) is 21.9 Å². The first-order valence-corrected chi connectivity index (χ1v) is 5.74. The molecule has 4 nitrogen and oxygen atoms in total. The highest BCUT2D eigenvalue weighted by atomic mass is 19.4. The molecule has 21 heavy (non-hydrogen) atoms. The Kier molecular flexibility index (Phi) is 6.14. The summed E-state index contributed by atoms with van der Waals surface area (Å²) in [6.45, 7) is -2.25. The van der Waals surface area contributed by atoms with Crippen LogP contribution in [0.2, 0.25) is 0 Å². The summed E-state index contributed by atoms with van der Waals surface area (Å²) in [5, 5.41) is 2.10. The number of hydrogen-bond acceptors (Lipinski definition) is 3. The summed E-state index contributed by atoms with van der Waals surface area (Å²) in [4.78, 5) is 11.3. The minimum Gasteiger partial charge on any atom is -0.362 e. The Hall–Kier alpha value is -2.11. The quantitative estimate of drug-likeness (QED) is 0.657. The van der Waals surface area contributed by atoms with Gasteiger partial charge in [0.1, 0.15) is 19.0 Å². The third kappa shape index (κ3) is 6.74. The molecule has 0 unspecified atom stereocenters. The highest BCUT2D eigenvalue weighted by Crippen LogP contribution is 2.16. The fourth-order valence-electron chi connectivity index (χ4n) is 1.29. The first-order chi connectivity index (χ1) is 9.81. The lowest BCUT2D eigenvalue weighted by Gasteiger charge is -2.09. The monoisotopic (exact) mass is 304 g/mol. The first-order valence-electron chi connectivity index (χ1n) is 5.74. The number of rotatable bonds is 4. The standard InChI is InChI=1S/C13H12F4N2O2/c14-10-6-9(2-1-5-18)3-4-11(10)19-12(20)7-21-8-13(15,16)17/h3-4,6H,5,7-8,18H2,(H,19,20). The number of amides is 1. The van der Waals surface area contributed by atoms with E-state index in [9.17, 15) is 22.4 Å².